The molecule has 1 saturated carbocycles. The predicted octanol–water partition coefficient (Wildman–Crippen LogP) is 5.92. The van der Waals surface area contributed by atoms with Crippen molar-refractivity contribution in [1.29, 1.82) is 0 Å². The fourth-order valence-electron chi connectivity index (χ4n) is 4.52. The van der Waals surface area contributed by atoms with Crippen LogP contribution in [0, 0.1) is 0 Å². The van der Waals surface area contributed by atoms with E-state index in [1.807, 2.05) is 12.3 Å². The number of piperidine rings is 1. The van der Waals surface area contributed by atoms with Crippen molar-refractivity contribution in [3.8, 4) is 17.4 Å². The van der Waals surface area contributed by atoms with Crippen molar-refractivity contribution >= 4 is 6.09 Å². The highest BCUT2D eigenvalue weighted by molar-refractivity contribution is 5.70. The highest BCUT2D eigenvalue weighted by atomic mass is 19.4. The van der Waals surface area contributed by atoms with Gasteiger partial charge in [0.25, 0.3) is 0 Å². The Morgan fingerprint density at radius 3 is 2.24 bits per heavy atom. The molecule has 0 atom stereocenters. The first kappa shape index (κ1) is 25.0. The molecule has 194 valence electrons. The Balaban J connectivity index is 1.11. The summed E-state index contributed by atoms with van der Waals surface area (Å²) in [6.45, 7) is 2.13. The third-order valence-electron chi connectivity index (χ3n) is 6.61. The van der Waals surface area contributed by atoms with Gasteiger partial charge in [0.05, 0.1) is 5.56 Å². The van der Waals surface area contributed by atoms with Crippen LogP contribution in [0.1, 0.15) is 36.8 Å². The minimum absolute atomic E-state index is 0.0318. The number of hydrogen-bond donors (Lipinski definition) is 0. The van der Waals surface area contributed by atoms with Crippen molar-refractivity contribution in [3.05, 3.63) is 78.2 Å². The molecule has 0 N–H and O–H groups in total. The van der Waals surface area contributed by atoms with Crippen LogP contribution in [-0.4, -0.2) is 51.0 Å². The zero-order chi connectivity index (χ0) is 25.8. The van der Waals surface area contributed by atoms with E-state index in [0.29, 0.717) is 36.7 Å². The highest BCUT2D eigenvalue weighted by Crippen LogP contribution is 2.34. The second-order valence-corrected chi connectivity index (χ2v) is 9.31. The lowest BCUT2D eigenvalue weighted by molar-refractivity contribution is -0.137. The van der Waals surface area contributed by atoms with Crippen LogP contribution in [0.4, 0.5) is 18.0 Å². The molecule has 2 fully saturated rings. The van der Waals surface area contributed by atoms with Crippen LogP contribution in [0.3, 0.4) is 0 Å². The van der Waals surface area contributed by atoms with E-state index >= 15 is 0 Å². The lowest BCUT2D eigenvalue weighted by Gasteiger charge is -2.38. The van der Waals surface area contributed by atoms with E-state index in [-0.39, 0.29) is 5.88 Å². The third-order valence-corrected chi connectivity index (χ3v) is 6.61. The molecule has 1 amide bonds. The van der Waals surface area contributed by atoms with Crippen molar-refractivity contribution in [2.24, 2.45) is 0 Å². The summed E-state index contributed by atoms with van der Waals surface area (Å²) in [6.07, 6.45) is 3.78. The SMILES string of the molecule is O=C(Oc1ccc(Oc2ccc(C(F)(F)F)cn2)cc1)N1CCC(N(Cc2cccnc2)C2CC2)CC1. The number of amides is 1. The summed E-state index contributed by atoms with van der Waals surface area (Å²) in [4.78, 5) is 24.9. The Kier molecular flexibility index (Phi) is 7.27. The van der Waals surface area contributed by atoms with Gasteiger partial charge in [-0.1, -0.05) is 6.07 Å². The van der Waals surface area contributed by atoms with E-state index in [9.17, 15) is 18.0 Å². The average Bonchev–Trinajstić information content (AvgIpc) is 3.74. The largest absolute Gasteiger partial charge is 0.439 e. The average molecular weight is 513 g/mol. The monoisotopic (exact) mass is 512 g/mol. The predicted molar refractivity (Wildman–Crippen MR) is 129 cm³/mol. The molecule has 1 aromatic carbocycles. The molecule has 37 heavy (non-hydrogen) atoms. The van der Waals surface area contributed by atoms with Gasteiger partial charge in [0.2, 0.25) is 5.88 Å². The maximum atomic E-state index is 12.7. The molecule has 2 aromatic heterocycles. The van der Waals surface area contributed by atoms with Gasteiger partial charge in [0, 0.05) is 56.4 Å². The quantitative estimate of drug-likeness (QED) is 0.392. The number of carbonyl (C=O) groups is 1. The Labute approximate surface area is 212 Å². The van der Waals surface area contributed by atoms with Crippen molar-refractivity contribution in [1.82, 2.24) is 19.8 Å². The number of aromatic nitrogens is 2. The Morgan fingerprint density at radius 2 is 1.65 bits per heavy atom. The van der Waals surface area contributed by atoms with Gasteiger partial charge in [-0.2, -0.15) is 13.2 Å². The highest BCUT2D eigenvalue weighted by Gasteiger charge is 2.36. The molecule has 10 heteroatoms. The van der Waals surface area contributed by atoms with Gasteiger partial charge in [-0.25, -0.2) is 9.78 Å². The van der Waals surface area contributed by atoms with E-state index < -0.39 is 17.8 Å². The topological polar surface area (TPSA) is 67.8 Å². The summed E-state index contributed by atoms with van der Waals surface area (Å²) in [5.74, 6) is 0.752. The molecular weight excluding hydrogens is 485 g/mol. The Hall–Kier alpha value is -3.66. The molecule has 0 unspecified atom stereocenters. The first-order valence-corrected chi connectivity index (χ1v) is 12.3. The van der Waals surface area contributed by atoms with Gasteiger partial charge < -0.3 is 14.4 Å². The number of likely N-dealkylation sites (tertiary alicyclic amines) is 1. The molecule has 0 bridgehead atoms. The summed E-state index contributed by atoms with van der Waals surface area (Å²) >= 11 is 0. The number of benzene rings is 1. The zero-order valence-electron chi connectivity index (χ0n) is 20.1. The van der Waals surface area contributed by atoms with Crippen molar-refractivity contribution in [2.45, 2.75) is 50.5 Å². The van der Waals surface area contributed by atoms with E-state index in [0.717, 1.165) is 37.7 Å². The third kappa shape index (κ3) is 6.56. The van der Waals surface area contributed by atoms with Crippen molar-refractivity contribution < 1.29 is 27.4 Å². The standard InChI is InChI=1S/C27H27F3N4O3/c28-27(29,30)20-3-10-25(32-17-20)36-23-6-8-24(9-7-23)37-26(35)33-14-11-22(12-15-33)34(21-4-5-21)18-19-2-1-13-31-16-19/h1-3,6-10,13,16-17,21-22H,4-5,11-12,14-15,18H2. The van der Waals surface area contributed by atoms with E-state index in [1.165, 1.54) is 18.4 Å². The lowest BCUT2D eigenvalue weighted by atomic mass is 10.0. The second kappa shape index (κ2) is 10.8. The van der Waals surface area contributed by atoms with Crippen LogP contribution in [0.15, 0.2) is 67.1 Å². The fourth-order valence-corrected chi connectivity index (χ4v) is 4.52. The summed E-state index contributed by atoms with van der Waals surface area (Å²) in [5, 5.41) is 0. The number of pyridine rings is 2. The number of hydrogen-bond acceptors (Lipinski definition) is 6. The van der Waals surface area contributed by atoms with Crippen LogP contribution < -0.4 is 9.47 Å². The number of alkyl halides is 3. The molecule has 7 nitrogen and oxygen atoms in total. The maximum absolute atomic E-state index is 12.7. The van der Waals surface area contributed by atoms with E-state index in [1.54, 1.807) is 35.4 Å². The van der Waals surface area contributed by atoms with Crippen molar-refractivity contribution in [3.63, 3.8) is 0 Å². The smallest absolute Gasteiger partial charge is 0.417 e. The molecule has 3 heterocycles. The molecule has 5 rings (SSSR count). The summed E-state index contributed by atoms with van der Waals surface area (Å²) in [5.41, 5.74) is 0.359. The van der Waals surface area contributed by atoms with E-state index in [4.69, 9.17) is 9.47 Å². The van der Waals surface area contributed by atoms with Crippen LogP contribution >= 0.6 is 0 Å². The number of ether oxygens (including phenoxy) is 2. The van der Waals surface area contributed by atoms with Gasteiger partial charge in [-0.05, 0) is 67.6 Å². The normalized spacial score (nSPS) is 16.6. The van der Waals surface area contributed by atoms with Crippen molar-refractivity contribution in [2.75, 3.05) is 13.1 Å². The lowest BCUT2D eigenvalue weighted by Crippen LogP contribution is -2.48. The number of carbonyl (C=O) groups excluding carboxylic acids is 1. The molecular formula is C27H27F3N4O3. The summed E-state index contributed by atoms with van der Waals surface area (Å²) in [6, 6.07) is 13.5. The van der Waals surface area contributed by atoms with E-state index in [2.05, 4.69) is 20.9 Å². The van der Waals surface area contributed by atoms with Gasteiger partial charge in [0.1, 0.15) is 11.5 Å². The first-order chi connectivity index (χ1) is 17.8. The number of rotatable bonds is 7. The fraction of sp³-hybridized carbons (Fsp3) is 0.370. The minimum Gasteiger partial charge on any atom is -0.439 e. The summed E-state index contributed by atoms with van der Waals surface area (Å²) in [7, 11) is 0. The van der Waals surface area contributed by atoms with Crippen LogP contribution in [0.25, 0.3) is 0 Å². The Morgan fingerprint density at radius 1 is 0.946 bits per heavy atom. The number of halogens is 3. The zero-order valence-corrected chi connectivity index (χ0v) is 20.1. The van der Waals surface area contributed by atoms with Gasteiger partial charge >= 0.3 is 12.3 Å². The van der Waals surface area contributed by atoms with Gasteiger partial charge in [0.15, 0.2) is 0 Å². The minimum atomic E-state index is -4.46. The van der Waals surface area contributed by atoms with Crippen LogP contribution in [0.2, 0.25) is 0 Å². The molecule has 2 aliphatic rings. The van der Waals surface area contributed by atoms with Crippen LogP contribution in [0.5, 0.6) is 17.4 Å². The summed E-state index contributed by atoms with van der Waals surface area (Å²) < 4.78 is 49.0. The van der Waals surface area contributed by atoms with Gasteiger partial charge in [-0.15, -0.1) is 0 Å². The second-order valence-electron chi connectivity index (χ2n) is 9.31. The molecule has 1 saturated heterocycles. The Bertz CT molecular complexity index is 1180. The number of nitrogens with zero attached hydrogens (tertiary/aromatic N) is 4. The molecule has 1 aliphatic carbocycles. The molecule has 3 aromatic rings. The maximum Gasteiger partial charge on any atom is 0.417 e. The molecule has 1 aliphatic heterocycles. The molecule has 0 spiro atoms. The van der Waals surface area contributed by atoms with Crippen LogP contribution in [-0.2, 0) is 12.7 Å². The molecule has 0 radical (unpaired) electrons. The van der Waals surface area contributed by atoms with Gasteiger partial charge in [-0.3, -0.25) is 9.88 Å². The first-order valence-electron chi connectivity index (χ1n) is 12.3.